The second-order valence-corrected chi connectivity index (χ2v) is 4.35. The molecule has 2 aromatic rings. The Morgan fingerprint density at radius 2 is 1.32 bits per heavy atom. The van der Waals surface area contributed by atoms with E-state index in [0.717, 1.165) is 5.56 Å². The van der Waals surface area contributed by atoms with Crippen LogP contribution in [0.25, 0.3) is 0 Å². The van der Waals surface area contributed by atoms with E-state index in [2.05, 4.69) is 10.2 Å². The second kappa shape index (κ2) is 7.12. The highest BCUT2D eigenvalue weighted by molar-refractivity contribution is 5.84. The fraction of sp³-hybridized carbons (Fsp3) is 0.125. The first kappa shape index (κ1) is 15.4. The molecule has 0 aliphatic carbocycles. The van der Waals surface area contributed by atoms with Gasteiger partial charge in [0.1, 0.15) is 5.75 Å². The number of nitrogens with zero attached hydrogens (tertiary/aromatic N) is 2. The molecule has 114 valence electrons. The van der Waals surface area contributed by atoms with Crippen LogP contribution in [-0.2, 0) is 0 Å². The highest BCUT2D eigenvalue weighted by Gasteiger charge is 2.09. The van der Waals surface area contributed by atoms with E-state index in [0.29, 0.717) is 17.1 Å². The van der Waals surface area contributed by atoms with E-state index in [4.69, 9.17) is 9.47 Å². The first-order valence-corrected chi connectivity index (χ1v) is 6.44. The molecule has 2 N–H and O–H groups in total. The maximum atomic E-state index is 9.81. The Labute approximate surface area is 128 Å². The van der Waals surface area contributed by atoms with E-state index in [1.165, 1.54) is 20.4 Å². The van der Waals surface area contributed by atoms with Crippen molar-refractivity contribution >= 4 is 12.4 Å². The molecule has 22 heavy (non-hydrogen) atoms. The van der Waals surface area contributed by atoms with Crippen molar-refractivity contribution in [1.29, 1.82) is 0 Å². The van der Waals surface area contributed by atoms with Crippen molar-refractivity contribution < 1.29 is 19.7 Å². The zero-order valence-corrected chi connectivity index (χ0v) is 12.2. The third kappa shape index (κ3) is 3.76. The maximum Gasteiger partial charge on any atom is 0.200 e. The van der Waals surface area contributed by atoms with Crippen LogP contribution in [0.15, 0.2) is 46.6 Å². The summed E-state index contributed by atoms with van der Waals surface area (Å²) in [6.07, 6.45) is 3.08. The molecule has 0 aliphatic heterocycles. The molecule has 0 unspecified atom stereocenters. The van der Waals surface area contributed by atoms with Gasteiger partial charge in [-0.2, -0.15) is 10.2 Å². The molecule has 2 aromatic carbocycles. The first-order chi connectivity index (χ1) is 10.6. The van der Waals surface area contributed by atoms with Crippen molar-refractivity contribution in [3.8, 4) is 23.0 Å². The summed E-state index contributed by atoms with van der Waals surface area (Å²) in [4.78, 5) is 0. The van der Waals surface area contributed by atoms with Crippen molar-refractivity contribution in [2.75, 3.05) is 14.2 Å². The molecule has 0 aliphatic rings. The van der Waals surface area contributed by atoms with Crippen LogP contribution in [-0.4, -0.2) is 36.9 Å². The van der Waals surface area contributed by atoms with Gasteiger partial charge in [0.05, 0.1) is 26.6 Å². The van der Waals surface area contributed by atoms with Crippen molar-refractivity contribution in [1.82, 2.24) is 0 Å². The number of phenols is 2. The van der Waals surface area contributed by atoms with Gasteiger partial charge in [0.25, 0.3) is 0 Å². The van der Waals surface area contributed by atoms with Gasteiger partial charge in [0.15, 0.2) is 11.5 Å². The Balaban J connectivity index is 2.14. The molecule has 0 aromatic heterocycles. The molecule has 0 bridgehead atoms. The van der Waals surface area contributed by atoms with E-state index in [1.54, 1.807) is 42.6 Å². The lowest BCUT2D eigenvalue weighted by atomic mass is 10.2. The van der Waals surface area contributed by atoms with Gasteiger partial charge < -0.3 is 19.7 Å². The molecular formula is C16H16N2O4. The minimum Gasteiger partial charge on any atom is -0.508 e. The molecule has 0 radical (unpaired) electrons. The molecule has 0 atom stereocenters. The van der Waals surface area contributed by atoms with Crippen molar-refractivity contribution in [3.63, 3.8) is 0 Å². The van der Waals surface area contributed by atoms with Crippen LogP contribution in [0.5, 0.6) is 23.0 Å². The molecule has 0 spiro atoms. The lowest BCUT2D eigenvalue weighted by Gasteiger charge is -2.08. The van der Waals surface area contributed by atoms with Crippen molar-refractivity contribution in [2.24, 2.45) is 10.2 Å². The zero-order valence-electron chi connectivity index (χ0n) is 12.2. The fourth-order valence-corrected chi connectivity index (χ4v) is 1.75. The summed E-state index contributed by atoms with van der Waals surface area (Å²) < 4.78 is 10.1. The summed E-state index contributed by atoms with van der Waals surface area (Å²) in [6.45, 7) is 0. The Morgan fingerprint density at radius 3 is 1.82 bits per heavy atom. The molecule has 0 saturated heterocycles. The van der Waals surface area contributed by atoms with Crippen molar-refractivity contribution in [2.45, 2.75) is 0 Å². The molecule has 0 heterocycles. The van der Waals surface area contributed by atoms with Gasteiger partial charge in [-0.15, -0.1) is 0 Å². The summed E-state index contributed by atoms with van der Waals surface area (Å²) in [5.41, 5.74) is 1.49. The predicted molar refractivity (Wildman–Crippen MR) is 84.5 cm³/mol. The van der Waals surface area contributed by atoms with E-state index in [1.807, 2.05) is 0 Å². The molecule has 2 rings (SSSR count). The third-order valence-electron chi connectivity index (χ3n) is 2.88. The first-order valence-electron chi connectivity index (χ1n) is 6.44. The largest absolute Gasteiger partial charge is 0.508 e. The van der Waals surface area contributed by atoms with Crippen LogP contribution in [0, 0.1) is 0 Å². The smallest absolute Gasteiger partial charge is 0.200 e. The monoisotopic (exact) mass is 300 g/mol. The highest BCUT2D eigenvalue weighted by atomic mass is 16.5. The molecule has 0 saturated carbocycles. The number of rotatable bonds is 5. The summed E-state index contributed by atoms with van der Waals surface area (Å²) in [5, 5.41) is 26.8. The van der Waals surface area contributed by atoms with Crippen LogP contribution in [0.1, 0.15) is 11.1 Å². The van der Waals surface area contributed by atoms with Gasteiger partial charge in [0, 0.05) is 5.56 Å². The maximum absolute atomic E-state index is 9.81. The lowest BCUT2D eigenvalue weighted by molar-refractivity contribution is 0.340. The normalized spacial score (nSPS) is 11.2. The Morgan fingerprint density at radius 1 is 0.818 bits per heavy atom. The van der Waals surface area contributed by atoms with Gasteiger partial charge in [0.2, 0.25) is 5.75 Å². The predicted octanol–water partition coefficient (Wildman–Crippen LogP) is 2.57. The number of methoxy groups -OCH3 is 2. The minimum atomic E-state index is -0.0604. The Bertz CT molecular complexity index is 669. The number of hydrogen-bond acceptors (Lipinski definition) is 6. The minimum absolute atomic E-state index is 0.0604. The van der Waals surface area contributed by atoms with Gasteiger partial charge >= 0.3 is 0 Å². The third-order valence-corrected chi connectivity index (χ3v) is 2.88. The van der Waals surface area contributed by atoms with Crippen LogP contribution in [0.4, 0.5) is 0 Å². The van der Waals surface area contributed by atoms with E-state index >= 15 is 0 Å². The van der Waals surface area contributed by atoms with Gasteiger partial charge in [-0.05, 0) is 42.0 Å². The number of benzene rings is 2. The zero-order chi connectivity index (χ0) is 15.9. The number of ether oxygens (including phenoxy) is 2. The van der Waals surface area contributed by atoms with E-state index in [9.17, 15) is 10.2 Å². The molecule has 6 nitrogen and oxygen atoms in total. The summed E-state index contributed by atoms with van der Waals surface area (Å²) in [7, 11) is 2.91. The molecule has 6 heteroatoms. The second-order valence-electron chi connectivity index (χ2n) is 4.35. The number of phenolic OH excluding ortho intramolecular Hbond substituents is 2. The molecule has 0 fully saturated rings. The SMILES string of the molecule is COc1cc(/C=N/N=C/c2ccc(O)cc2)cc(OC)c1O. The number of hydrogen-bond donors (Lipinski definition) is 2. The fourth-order valence-electron chi connectivity index (χ4n) is 1.75. The highest BCUT2D eigenvalue weighted by Crippen LogP contribution is 2.36. The quantitative estimate of drug-likeness (QED) is 0.656. The van der Waals surface area contributed by atoms with Crippen LogP contribution in [0.3, 0.4) is 0 Å². The van der Waals surface area contributed by atoms with Gasteiger partial charge in [-0.1, -0.05) is 0 Å². The van der Waals surface area contributed by atoms with E-state index < -0.39 is 0 Å². The summed E-state index contributed by atoms with van der Waals surface area (Å²) >= 11 is 0. The topological polar surface area (TPSA) is 83.6 Å². The average molecular weight is 300 g/mol. The van der Waals surface area contributed by atoms with Gasteiger partial charge in [-0.25, -0.2) is 0 Å². The van der Waals surface area contributed by atoms with Crippen LogP contribution >= 0.6 is 0 Å². The summed E-state index contributed by atoms with van der Waals surface area (Å²) in [5.74, 6) is 0.727. The van der Waals surface area contributed by atoms with Crippen LogP contribution < -0.4 is 9.47 Å². The molecular weight excluding hydrogens is 284 g/mol. The van der Waals surface area contributed by atoms with Crippen molar-refractivity contribution in [3.05, 3.63) is 47.5 Å². The Kier molecular flexibility index (Phi) is 4.98. The lowest BCUT2D eigenvalue weighted by Crippen LogP contribution is -1.92. The molecule has 0 amide bonds. The summed E-state index contributed by atoms with van der Waals surface area (Å²) in [6, 6.07) is 9.83. The standard InChI is InChI=1S/C16H16N2O4/c1-21-14-7-12(8-15(22-2)16(14)20)10-18-17-9-11-3-5-13(19)6-4-11/h3-10,19-20H,1-2H3/b17-9+,18-10+. The number of aromatic hydroxyl groups is 2. The van der Waals surface area contributed by atoms with E-state index in [-0.39, 0.29) is 11.5 Å². The average Bonchev–Trinajstić information content (AvgIpc) is 2.54. The van der Waals surface area contributed by atoms with Crippen LogP contribution in [0.2, 0.25) is 0 Å². The Hall–Kier alpha value is -3.02. The van der Waals surface area contributed by atoms with Gasteiger partial charge in [-0.3, -0.25) is 0 Å².